The number of amides is 3. The van der Waals surface area contributed by atoms with E-state index in [4.69, 9.17) is 21.1 Å². The van der Waals surface area contributed by atoms with Crippen LogP contribution >= 0.6 is 0 Å². The van der Waals surface area contributed by atoms with Gasteiger partial charge in [-0.2, -0.15) is 9.97 Å². The number of halogens is 1. The molecule has 14 nitrogen and oxygen atoms in total. The van der Waals surface area contributed by atoms with Crippen LogP contribution in [0.5, 0.6) is 11.8 Å². The van der Waals surface area contributed by atoms with Gasteiger partial charge in [-0.15, -0.1) is 6.42 Å². The second-order valence-corrected chi connectivity index (χ2v) is 21.7. The molecule has 3 unspecified atom stereocenters. The molecule has 7 heterocycles. The topological polar surface area (TPSA) is 147 Å². The summed E-state index contributed by atoms with van der Waals surface area (Å²) in [6, 6.07) is 15.0. The second kappa shape index (κ2) is 18.5. The van der Waals surface area contributed by atoms with Gasteiger partial charge >= 0.3 is 6.01 Å². The first-order chi connectivity index (χ1) is 34.9. The van der Waals surface area contributed by atoms with Gasteiger partial charge in [0.1, 0.15) is 23.1 Å². The van der Waals surface area contributed by atoms with Crippen molar-refractivity contribution in [3.05, 3.63) is 88.7 Å². The number of hydrogen-bond donors (Lipinski definition) is 3. The third kappa shape index (κ3) is 8.60. The minimum absolute atomic E-state index is 0.00607. The average molecular weight is 972 g/mol. The van der Waals surface area contributed by atoms with Gasteiger partial charge in [-0.3, -0.25) is 24.6 Å². The predicted molar refractivity (Wildman–Crippen MR) is 276 cm³/mol. The molecule has 5 aromatic rings. The third-order valence-corrected chi connectivity index (χ3v) is 16.8. The van der Waals surface area contributed by atoms with Crippen molar-refractivity contribution in [2.75, 3.05) is 81.9 Å². The minimum atomic E-state index is -0.616. The van der Waals surface area contributed by atoms with Crippen molar-refractivity contribution in [3.63, 3.8) is 0 Å². The Balaban J connectivity index is 0.698. The second-order valence-electron chi connectivity index (χ2n) is 21.7. The largest absolute Gasteiger partial charge is 0.508 e. The van der Waals surface area contributed by atoms with Gasteiger partial charge in [0.15, 0.2) is 5.82 Å². The highest BCUT2D eigenvalue weighted by Gasteiger charge is 2.46. The number of imide groups is 1. The van der Waals surface area contributed by atoms with Crippen molar-refractivity contribution in [3.8, 4) is 35.2 Å². The first-order valence-electron chi connectivity index (χ1n) is 25.9. The van der Waals surface area contributed by atoms with Gasteiger partial charge in [0.05, 0.1) is 6.61 Å². The summed E-state index contributed by atoms with van der Waals surface area (Å²) in [5.41, 5.74) is 5.88. The Morgan fingerprint density at radius 2 is 1.71 bits per heavy atom. The Bertz CT molecular complexity index is 3090. The SMILES string of the molecule is C#Cc1cccc2cc(O)cc(-c3c(C=C)cc4c(N5CC6CCC(C5)N6)nc(OCC5(CN6CCC(CN7CCN(c8cc9c(cc8C)C(=O)N(C8CCC(=O)NC8=O)C9)CC7)CC6)CC5)nc4c3F)c12. The van der Waals surface area contributed by atoms with Crippen molar-refractivity contribution in [1.82, 2.24) is 35.3 Å². The van der Waals surface area contributed by atoms with Crippen LogP contribution in [0.4, 0.5) is 15.9 Å². The number of nitrogens with one attached hydrogen (secondary N) is 2. The molecule has 5 saturated heterocycles. The molecule has 2 bridgehead atoms. The monoisotopic (exact) mass is 971 g/mol. The van der Waals surface area contributed by atoms with Crippen LogP contribution in [-0.2, 0) is 16.1 Å². The number of carbonyl (C=O) groups excluding carboxylic acids is 3. The summed E-state index contributed by atoms with van der Waals surface area (Å²) in [4.78, 5) is 59.2. The lowest BCUT2D eigenvalue weighted by molar-refractivity contribution is -0.136. The number of nitrogens with zero attached hydrogens (tertiary/aromatic N) is 7. The fraction of sp³-hybridized carbons (Fsp3) is 0.456. The van der Waals surface area contributed by atoms with Crippen molar-refractivity contribution in [2.24, 2.45) is 11.3 Å². The van der Waals surface area contributed by atoms with Crippen molar-refractivity contribution in [2.45, 2.75) is 83.0 Å². The molecule has 1 aromatic heterocycles. The summed E-state index contributed by atoms with van der Waals surface area (Å²) in [6.45, 7) is 16.4. The van der Waals surface area contributed by atoms with Crippen LogP contribution in [0.3, 0.4) is 0 Å². The van der Waals surface area contributed by atoms with E-state index in [-0.39, 0.29) is 52.4 Å². The van der Waals surface area contributed by atoms with Gasteiger partial charge in [-0.25, -0.2) is 4.39 Å². The van der Waals surface area contributed by atoms with Gasteiger partial charge in [0.25, 0.3) is 5.91 Å². The van der Waals surface area contributed by atoms with Crippen LogP contribution in [0.2, 0.25) is 0 Å². The number of anilines is 2. The maximum absolute atomic E-state index is 17.6. The quantitative estimate of drug-likeness (QED) is 0.0913. The van der Waals surface area contributed by atoms with E-state index in [0.29, 0.717) is 81.8 Å². The number of aromatic hydroxyl groups is 1. The smallest absolute Gasteiger partial charge is 0.319 e. The van der Waals surface area contributed by atoms with Crippen LogP contribution in [-0.4, -0.2) is 138 Å². The van der Waals surface area contributed by atoms with E-state index >= 15 is 4.39 Å². The van der Waals surface area contributed by atoms with Crippen molar-refractivity contribution >= 4 is 57.0 Å². The summed E-state index contributed by atoms with van der Waals surface area (Å²) >= 11 is 0. The first-order valence-corrected chi connectivity index (χ1v) is 25.9. The molecule has 15 heteroatoms. The third-order valence-electron chi connectivity index (χ3n) is 16.8. The Hall–Kier alpha value is -6.60. The van der Waals surface area contributed by atoms with E-state index in [1.54, 1.807) is 23.1 Å². The van der Waals surface area contributed by atoms with E-state index < -0.39 is 11.9 Å². The number of phenolic OH excluding ortho intramolecular Hbond substituents is 1. The number of rotatable bonds is 12. The molecule has 6 aliphatic heterocycles. The number of ether oxygens (including phenoxy) is 1. The lowest BCUT2D eigenvalue weighted by atomic mass is 9.90. The first kappa shape index (κ1) is 46.5. The number of aryl methyl sites for hydroxylation is 1. The molecular weight excluding hydrogens is 910 g/mol. The Morgan fingerprint density at radius 3 is 2.43 bits per heavy atom. The van der Waals surface area contributed by atoms with E-state index in [1.165, 1.54) is 0 Å². The number of piperazine rings is 2. The molecule has 6 fully saturated rings. The molecule has 12 rings (SSSR count). The number of hydrogen-bond acceptors (Lipinski definition) is 12. The number of terminal acetylenes is 1. The number of carbonyl (C=O) groups is 3. The lowest BCUT2D eigenvalue weighted by Crippen LogP contribution is -2.52. The number of phenols is 1. The summed E-state index contributed by atoms with van der Waals surface area (Å²) in [5, 5.41) is 19.0. The Kier molecular flexibility index (Phi) is 11.9. The van der Waals surface area contributed by atoms with E-state index in [9.17, 15) is 19.5 Å². The molecule has 3 atom stereocenters. The van der Waals surface area contributed by atoms with Gasteiger partial charge < -0.3 is 34.8 Å². The molecule has 4 aromatic carbocycles. The van der Waals surface area contributed by atoms with E-state index in [0.717, 1.165) is 121 Å². The van der Waals surface area contributed by atoms with Gasteiger partial charge in [0.2, 0.25) is 11.8 Å². The summed E-state index contributed by atoms with van der Waals surface area (Å²) in [5.74, 6) is 2.73. The summed E-state index contributed by atoms with van der Waals surface area (Å²) < 4.78 is 24.2. The maximum atomic E-state index is 17.6. The average Bonchev–Trinajstić information content (AvgIpc) is 3.97. The fourth-order valence-corrected chi connectivity index (χ4v) is 12.8. The normalized spacial score (nSPS) is 23.4. The van der Waals surface area contributed by atoms with Gasteiger partial charge in [-0.1, -0.05) is 30.7 Å². The number of piperidine rings is 2. The molecule has 372 valence electrons. The molecule has 0 radical (unpaired) electrons. The van der Waals surface area contributed by atoms with Crippen molar-refractivity contribution in [1.29, 1.82) is 0 Å². The highest BCUT2D eigenvalue weighted by molar-refractivity contribution is 6.07. The number of benzene rings is 4. The predicted octanol–water partition coefficient (Wildman–Crippen LogP) is 6.62. The summed E-state index contributed by atoms with van der Waals surface area (Å²) in [7, 11) is 0. The van der Waals surface area contributed by atoms with E-state index in [2.05, 4.69) is 55.7 Å². The van der Waals surface area contributed by atoms with Crippen LogP contribution in [0, 0.1) is 36.4 Å². The molecule has 72 heavy (non-hydrogen) atoms. The highest BCUT2D eigenvalue weighted by atomic mass is 19.1. The van der Waals surface area contributed by atoms with Crippen LogP contribution < -0.4 is 25.2 Å². The molecule has 3 amide bonds. The molecule has 0 spiro atoms. The molecule has 3 N–H and O–H groups in total. The molecule has 1 aliphatic carbocycles. The number of aromatic nitrogens is 2. The van der Waals surface area contributed by atoms with Crippen LogP contribution in [0.25, 0.3) is 38.9 Å². The maximum Gasteiger partial charge on any atom is 0.319 e. The Labute approximate surface area is 419 Å². The molecular formula is C57H62FN9O5. The zero-order chi connectivity index (χ0) is 49.4. The van der Waals surface area contributed by atoms with Crippen LogP contribution in [0.15, 0.2) is 55.1 Å². The number of likely N-dealkylation sites (tertiary alicyclic amines) is 1. The standard InChI is InChI=1S/C57H62FN9O5/c1-4-36-7-6-8-38-24-42(68)27-44(49(36)38)50-37(5-2)25-45-52(51(50)58)61-56(62-53(45)66-30-40-9-10-41(31-66)59-40)72-33-57(15-16-57)32-64-17-13-35(14-18-64)28-63-19-21-65(22-20-63)47-26-39-29-67(55(71)43(39)23-34(47)3)46-11-12-48(69)60-54(46)70/h1,5-8,23-27,35,40-41,46,59,68H,2,9-22,28-33H2,3H3,(H,60,69,70). The molecule has 7 aliphatic rings. The Morgan fingerprint density at radius 1 is 0.931 bits per heavy atom. The number of fused-ring (bicyclic) bond motifs is 5. The summed E-state index contributed by atoms with van der Waals surface area (Å²) in [6.07, 6.45) is 14.8. The molecule has 1 saturated carbocycles. The minimum Gasteiger partial charge on any atom is -0.508 e. The highest BCUT2D eigenvalue weighted by Crippen LogP contribution is 2.48. The zero-order valence-electron chi connectivity index (χ0n) is 41.0. The fourth-order valence-electron chi connectivity index (χ4n) is 12.8. The van der Waals surface area contributed by atoms with Crippen molar-refractivity contribution < 1.29 is 28.6 Å². The van der Waals surface area contributed by atoms with Gasteiger partial charge in [-0.05, 0) is 135 Å². The zero-order valence-corrected chi connectivity index (χ0v) is 41.0. The van der Waals surface area contributed by atoms with E-state index in [1.807, 2.05) is 30.3 Å². The van der Waals surface area contributed by atoms with Crippen LogP contribution in [0.1, 0.15) is 84.0 Å². The van der Waals surface area contributed by atoms with Gasteiger partial charge in [0, 0.05) is 116 Å². The lowest BCUT2D eigenvalue weighted by Gasteiger charge is -2.40.